The predicted molar refractivity (Wildman–Crippen MR) is 98.6 cm³/mol. The van der Waals surface area contributed by atoms with Gasteiger partial charge in [-0.05, 0) is 24.5 Å². The summed E-state index contributed by atoms with van der Waals surface area (Å²) in [4.78, 5) is 29.9. The van der Waals surface area contributed by atoms with Crippen LogP contribution in [0.15, 0.2) is 35.6 Å². The normalized spacial score (nSPS) is 20.8. The fourth-order valence-electron chi connectivity index (χ4n) is 3.98. The lowest BCUT2D eigenvalue weighted by molar-refractivity contribution is -0.144. The summed E-state index contributed by atoms with van der Waals surface area (Å²) >= 11 is 0. The van der Waals surface area contributed by atoms with Gasteiger partial charge in [0.2, 0.25) is 5.91 Å². The van der Waals surface area contributed by atoms with Crippen molar-refractivity contribution in [1.29, 1.82) is 0 Å². The molecule has 26 heavy (non-hydrogen) atoms. The summed E-state index contributed by atoms with van der Waals surface area (Å²) in [5.74, 6) is -0.814. The number of aliphatic hydroxyl groups excluding tert-OH is 1. The van der Waals surface area contributed by atoms with Gasteiger partial charge in [-0.2, -0.15) is 0 Å². The van der Waals surface area contributed by atoms with Crippen LogP contribution in [-0.2, 0) is 16.0 Å². The molecule has 3 N–H and O–H groups in total. The summed E-state index contributed by atoms with van der Waals surface area (Å²) in [7, 11) is 0. The number of aromatic amines is 1. The minimum absolute atomic E-state index is 0.113. The van der Waals surface area contributed by atoms with Crippen LogP contribution in [-0.4, -0.2) is 39.9 Å². The van der Waals surface area contributed by atoms with Crippen LogP contribution >= 0.6 is 0 Å². The van der Waals surface area contributed by atoms with Gasteiger partial charge >= 0.3 is 0 Å². The largest absolute Gasteiger partial charge is 0.511 e. The number of hydrogen-bond donors (Lipinski definition) is 3. The van der Waals surface area contributed by atoms with Crippen molar-refractivity contribution in [2.45, 2.75) is 38.6 Å². The third-order valence-corrected chi connectivity index (χ3v) is 5.29. The number of benzene rings is 1. The number of H-pyrrole nitrogens is 1. The molecule has 0 aliphatic carbocycles. The van der Waals surface area contributed by atoms with Crippen LogP contribution in [0.5, 0.6) is 0 Å². The van der Waals surface area contributed by atoms with Crippen molar-refractivity contribution in [1.82, 2.24) is 15.2 Å². The molecule has 0 saturated carbocycles. The predicted octanol–water partition coefficient (Wildman–Crippen LogP) is 2.73. The molecule has 0 saturated heterocycles. The Kier molecular flexibility index (Phi) is 4.28. The Morgan fingerprint density at radius 2 is 2.08 bits per heavy atom. The van der Waals surface area contributed by atoms with E-state index < -0.39 is 6.04 Å². The summed E-state index contributed by atoms with van der Waals surface area (Å²) in [6.07, 6.45) is 2.41. The summed E-state index contributed by atoms with van der Waals surface area (Å²) in [5, 5.41) is 15.0. The van der Waals surface area contributed by atoms with Gasteiger partial charge in [0.15, 0.2) is 0 Å². The maximum absolute atomic E-state index is 13.0. The second kappa shape index (κ2) is 6.61. The lowest BCUT2D eigenvalue weighted by atomic mass is 9.90. The molecule has 2 aliphatic heterocycles. The highest BCUT2D eigenvalue weighted by Crippen LogP contribution is 2.36. The first-order valence-corrected chi connectivity index (χ1v) is 9.21. The molecule has 0 fully saturated rings. The van der Waals surface area contributed by atoms with E-state index in [4.69, 9.17) is 0 Å². The molecule has 3 heterocycles. The lowest BCUT2D eigenvalue weighted by Crippen LogP contribution is -2.46. The number of carbonyl (C=O) groups is 2. The number of amides is 2. The minimum Gasteiger partial charge on any atom is -0.511 e. The summed E-state index contributed by atoms with van der Waals surface area (Å²) in [6, 6.07) is 7.64. The molecule has 0 radical (unpaired) electrons. The van der Waals surface area contributed by atoms with Gasteiger partial charge in [-0.15, -0.1) is 0 Å². The molecule has 6 heteroatoms. The van der Waals surface area contributed by atoms with Crippen LogP contribution in [0.3, 0.4) is 0 Å². The Bertz CT molecular complexity index is 912. The Morgan fingerprint density at radius 3 is 2.88 bits per heavy atom. The highest BCUT2D eigenvalue weighted by molar-refractivity contribution is 6.09. The number of fused-ring (bicyclic) bond motifs is 3. The number of hydrogen-bond acceptors (Lipinski definition) is 4. The first-order chi connectivity index (χ1) is 12.6. The monoisotopic (exact) mass is 353 g/mol. The van der Waals surface area contributed by atoms with Crippen LogP contribution < -0.4 is 5.32 Å². The summed E-state index contributed by atoms with van der Waals surface area (Å²) < 4.78 is 0. The highest BCUT2D eigenvalue weighted by Gasteiger charge is 2.39. The van der Waals surface area contributed by atoms with E-state index >= 15 is 0 Å². The molecule has 2 aliphatic rings. The summed E-state index contributed by atoms with van der Waals surface area (Å²) in [5.41, 5.74) is 3.41. The smallest absolute Gasteiger partial charge is 0.261 e. The second-order valence-corrected chi connectivity index (χ2v) is 6.94. The van der Waals surface area contributed by atoms with Gasteiger partial charge in [0.1, 0.15) is 5.76 Å². The van der Waals surface area contributed by atoms with Crippen LogP contribution in [0.4, 0.5) is 0 Å². The zero-order valence-corrected chi connectivity index (χ0v) is 14.8. The number of unbranched alkanes of at least 4 members (excludes halogenated alkanes) is 1. The third-order valence-electron chi connectivity index (χ3n) is 5.29. The average molecular weight is 353 g/mol. The second-order valence-electron chi connectivity index (χ2n) is 6.94. The lowest BCUT2D eigenvalue weighted by Gasteiger charge is -2.33. The topological polar surface area (TPSA) is 85.4 Å². The molecule has 2 amide bonds. The average Bonchev–Trinajstić information content (AvgIpc) is 3.01. The molecule has 1 aromatic carbocycles. The van der Waals surface area contributed by atoms with Gasteiger partial charge in [-0.1, -0.05) is 31.5 Å². The Morgan fingerprint density at radius 1 is 1.27 bits per heavy atom. The van der Waals surface area contributed by atoms with Crippen molar-refractivity contribution in [3.8, 4) is 0 Å². The van der Waals surface area contributed by atoms with Gasteiger partial charge in [-0.25, -0.2) is 0 Å². The van der Waals surface area contributed by atoms with Gasteiger partial charge in [0.05, 0.1) is 18.0 Å². The molecule has 1 aromatic heterocycles. The molecule has 2 aromatic rings. The Labute approximate surface area is 151 Å². The molecule has 1 unspecified atom stereocenters. The molecular formula is C20H23N3O3. The van der Waals surface area contributed by atoms with Crippen molar-refractivity contribution in [3.05, 3.63) is 46.9 Å². The Hall–Kier alpha value is -2.60. The van der Waals surface area contributed by atoms with Crippen LogP contribution in [0.25, 0.3) is 10.9 Å². The number of nitrogens with zero attached hydrogens (tertiary/aromatic N) is 1. The van der Waals surface area contributed by atoms with Crippen molar-refractivity contribution >= 4 is 22.7 Å². The van der Waals surface area contributed by atoms with Crippen molar-refractivity contribution in [2.75, 3.05) is 13.1 Å². The van der Waals surface area contributed by atoms with Gasteiger partial charge in [0, 0.05) is 29.7 Å². The van der Waals surface area contributed by atoms with Crippen molar-refractivity contribution in [2.24, 2.45) is 0 Å². The minimum atomic E-state index is -0.420. The van der Waals surface area contributed by atoms with Gasteiger partial charge in [0.25, 0.3) is 5.91 Å². The number of aliphatic hydroxyl groups is 1. The third kappa shape index (κ3) is 2.61. The standard InChI is InChI=1S/C20H23N3O3/c1-2-3-10-23-16(25)11-15(24)17(20(23)26)19-18-13(8-9-21-19)12-6-4-5-7-14(12)22-18/h4-7,19,21-22,24H,2-3,8-11H2,1H3. The molecular weight excluding hydrogens is 330 g/mol. The fraction of sp³-hybridized carbons (Fsp3) is 0.400. The van der Waals surface area contributed by atoms with E-state index in [0.717, 1.165) is 35.9 Å². The SMILES string of the molecule is CCCCN1C(=O)CC(O)=C(C2NCCc3c2[nH]c2ccccc32)C1=O. The Balaban J connectivity index is 1.77. The van der Waals surface area contributed by atoms with Crippen LogP contribution in [0.2, 0.25) is 0 Å². The first kappa shape index (κ1) is 16.8. The van der Waals surface area contributed by atoms with E-state index in [1.54, 1.807) is 0 Å². The number of para-hydroxylation sites is 1. The van der Waals surface area contributed by atoms with Crippen LogP contribution in [0, 0.1) is 0 Å². The van der Waals surface area contributed by atoms with E-state index in [0.29, 0.717) is 18.7 Å². The van der Waals surface area contributed by atoms with E-state index in [9.17, 15) is 14.7 Å². The van der Waals surface area contributed by atoms with E-state index in [2.05, 4.69) is 16.4 Å². The maximum atomic E-state index is 13.0. The summed E-state index contributed by atoms with van der Waals surface area (Å²) in [6.45, 7) is 3.14. The highest BCUT2D eigenvalue weighted by atomic mass is 16.3. The number of carbonyl (C=O) groups excluding carboxylic acids is 2. The number of imide groups is 1. The van der Waals surface area contributed by atoms with E-state index in [1.807, 2.05) is 25.1 Å². The zero-order chi connectivity index (χ0) is 18.3. The zero-order valence-electron chi connectivity index (χ0n) is 14.8. The van der Waals surface area contributed by atoms with Crippen molar-refractivity contribution < 1.29 is 14.7 Å². The maximum Gasteiger partial charge on any atom is 0.261 e. The molecule has 4 rings (SSSR count). The number of rotatable bonds is 4. The van der Waals surface area contributed by atoms with Crippen LogP contribution in [0.1, 0.15) is 43.5 Å². The molecule has 6 nitrogen and oxygen atoms in total. The van der Waals surface area contributed by atoms with E-state index in [1.165, 1.54) is 10.5 Å². The number of nitrogens with one attached hydrogen (secondary N) is 2. The molecule has 0 spiro atoms. The van der Waals surface area contributed by atoms with Gasteiger partial charge in [-0.3, -0.25) is 14.5 Å². The van der Waals surface area contributed by atoms with Crippen molar-refractivity contribution in [3.63, 3.8) is 0 Å². The molecule has 1 atom stereocenters. The molecule has 0 bridgehead atoms. The first-order valence-electron chi connectivity index (χ1n) is 9.21. The van der Waals surface area contributed by atoms with Gasteiger partial charge < -0.3 is 15.4 Å². The fourth-order valence-corrected chi connectivity index (χ4v) is 3.98. The quantitative estimate of drug-likeness (QED) is 0.738. The van der Waals surface area contributed by atoms with E-state index in [-0.39, 0.29) is 24.0 Å². The number of aromatic nitrogens is 1. The molecule has 136 valence electrons.